The molecule has 0 spiro atoms. The lowest BCUT2D eigenvalue weighted by atomic mass is 10.0. The molecule has 1 aliphatic rings. The van der Waals surface area contributed by atoms with Gasteiger partial charge in [-0.25, -0.2) is 8.42 Å². The highest BCUT2D eigenvalue weighted by molar-refractivity contribution is 7.92. The molecular weight excluding hydrogens is 340 g/mol. The van der Waals surface area contributed by atoms with Crippen LogP contribution in [0.2, 0.25) is 0 Å². The van der Waals surface area contributed by atoms with Crippen molar-refractivity contribution in [2.45, 2.75) is 45.6 Å². The highest BCUT2D eigenvalue weighted by Gasteiger charge is 2.25. The zero-order valence-electron chi connectivity index (χ0n) is 15.2. The average molecular weight is 368 g/mol. The molecule has 1 aliphatic heterocycles. The molecule has 140 valence electrons. The van der Waals surface area contributed by atoms with Crippen LogP contribution in [0.1, 0.15) is 37.8 Å². The third-order valence-corrected chi connectivity index (χ3v) is 5.62. The van der Waals surface area contributed by atoms with E-state index in [2.05, 4.69) is 5.32 Å². The Kier molecular flexibility index (Phi) is 6.84. The van der Waals surface area contributed by atoms with Crippen LogP contribution in [0.3, 0.4) is 0 Å². The molecule has 1 N–H and O–H groups in total. The Bertz CT molecular complexity index is 675. The summed E-state index contributed by atoms with van der Waals surface area (Å²) in [7, 11) is -3.45. The van der Waals surface area contributed by atoms with Crippen LogP contribution in [0.4, 0.5) is 5.69 Å². The van der Waals surface area contributed by atoms with Crippen LogP contribution in [0, 0.1) is 0 Å². The number of sulfonamides is 1. The number of hydrogen-bond acceptors (Lipinski definition) is 4. The number of para-hydroxylation sites is 1. The Hall–Kier alpha value is -1.60. The molecule has 1 heterocycles. The molecule has 0 saturated carbocycles. The molecule has 6 nitrogen and oxygen atoms in total. The van der Waals surface area contributed by atoms with Crippen LogP contribution in [-0.2, 0) is 32.4 Å². The number of nitrogens with zero attached hydrogens (tertiary/aromatic N) is 1. The van der Waals surface area contributed by atoms with Gasteiger partial charge in [-0.15, -0.1) is 0 Å². The molecule has 1 saturated heterocycles. The lowest BCUT2D eigenvalue weighted by molar-refractivity contribution is -0.129. The average Bonchev–Trinajstić information content (AvgIpc) is 3.11. The van der Waals surface area contributed by atoms with Gasteiger partial charge in [0, 0.05) is 13.2 Å². The van der Waals surface area contributed by atoms with E-state index in [0.29, 0.717) is 6.61 Å². The summed E-state index contributed by atoms with van der Waals surface area (Å²) in [6, 6.07) is 5.87. The predicted octanol–water partition coefficient (Wildman–Crippen LogP) is 1.87. The van der Waals surface area contributed by atoms with Crippen molar-refractivity contribution in [3.8, 4) is 0 Å². The van der Waals surface area contributed by atoms with Gasteiger partial charge in [-0.3, -0.25) is 9.10 Å². The van der Waals surface area contributed by atoms with Crippen LogP contribution in [0.25, 0.3) is 0 Å². The fraction of sp³-hybridized carbons (Fsp3) is 0.611. The van der Waals surface area contributed by atoms with Crippen molar-refractivity contribution in [3.05, 3.63) is 29.3 Å². The molecule has 0 aromatic heterocycles. The summed E-state index contributed by atoms with van der Waals surface area (Å²) in [4.78, 5) is 12.1. The Balaban J connectivity index is 2.16. The summed E-state index contributed by atoms with van der Waals surface area (Å²) in [5.74, 6) is -0.162. The van der Waals surface area contributed by atoms with Crippen molar-refractivity contribution in [1.82, 2.24) is 5.32 Å². The lowest BCUT2D eigenvalue weighted by Gasteiger charge is -2.27. The Morgan fingerprint density at radius 1 is 1.28 bits per heavy atom. The van der Waals surface area contributed by atoms with Gasteiger partial charge < -0.3 is 10.1 Å². The molecule has 1 atom stereocenters. The SMILES string of the molecule is CCc1cccc(CC)c1N(CCNC(=O)C1CCCO1)S(C)(=O)=O. The second kappa shape index (κ2) is 8.67. The van der Waals surface area contributed by atoms with Gasteiger partial charge in [0.05, 0.1) is 18.5 Å². The van der Waals surface area contributed by atoms with Crippen molar-refractivity contribution in [2.75, 3.05) is 30.3 Å². The Morgan fingerprint density at radius 3 is 2.40 bits per heavy atom. The van der Waals surface area contributed by atoms with Gasteiger partial charge in [0.2, 0.25) is 15.9 Å². The fourth-order valence-electron chi connectivity index (χ4n) is 3.16. The number of benzene rings is 1. The quantitative estimate of drug-likeness (QED) is 0.760. The van der Waals surface area contributed by atoms with E-state index >= 15 is 0 Å². The number of carbonyl (C=O) groups is 1. The van der Waals surface area contributed by atoms with Gasteiger partial charge >= 0.3 is 0 Å². The van der Waals surface area contributed by atoms with Crippen molar-refractivity contribution >= 4 is 21.6 Å². The van der Waals surface area contributed by atoms with E-state index in [-0.39, 0.29) is 19.0 Å². The molecule has 0 bridgehead atoms. The monoisotopic (exact) mass is 368 g/mol. The number of rotatable bonds is 8. The van der Waals surface area contributed by atoms with Crippen LogP contribution in [0.5, 0.6) is 0 Å². The summed E-state index contributed by atoms with van der Waals surface area (Å²) >= 11 is 0. The molecular formula is C18H28N2O4S. The first-order valence-electron chi connectivity index (χ1n) is 8.86. The van der Waals surface area contributed by atoms with Gasteiger partial charge in [0.1, 0.15) is 6.10 Å². The number of aryl methyl sites for hydroxylation is 2. The van der Waals surface area contributed by atoms with E-state index in [9.17, 15) is 13.2 Å². The smallest absolute Gasteiger partial charge is 0.249 e. The molecule has 1 fully saturated rings. The van der Waals surface area contributed by atoms with Gasteiger partial charge in [-0.1, -0.05) is 32.0 Å². The van der Waals surface area contributed by atoms with Gasteiger partial charge in [-0.05, 0) is 36.8 Å². The minimum absolute atomic E-state index is 0.162. The molecule has 7 heteroatoms. The highest BCUT2D eigenvalue weighted by Crippen LogP contribution is 2.28. The molecule has 1 aromatic rings. The van der Waals surface area contributed by atoms with Crippen LogP contribution < -0.4 is 9.62 Å². The van der Waals surface area contributed by atoms with Crippen LogP contribution in [-0.4, -0.2) is 46.4 Å². The molecule has 25 heavy (non-hydrogen) atoms. The van der Waals surface area contributed by atoms with E-state index < -0.39 is 16.1 Å². The third-order valence-electron chi connectivity index (χ3n) is 4.45. The first-order chi connectivity index (χ1) is 11.9. The summed E-state index contributed by atoms with van der Waals surface area (Å²) in [5.41, 5.74) is 2.74. The molecule has 0 aliphatic carbocycles. The van der Waals surface area contributed by atoms with Gasteiger partial charge in [0.25, 0.3) is 0 Å². The molecule has 1 unspecified atom stereocenters. The largest absolute Gasteiger partial charge is 0.368 e. The molecule has 2 rings (SSSR count). The number of hydrogen-bond donors (Lipinski definition) is 1. The third kappa shape index (κ3) is 4.95. The minimum atomic E-state index is -3.45. The summed E-state index contributed by atoms with van der Waals surface area (Å²) in [5, 5.41) is 2.80. The summed E-state index contributed by atoms with van der Waals surface area (Å²) in [6.45, 7) is 5.10. The summed E-state index contributed by atoms with van der Waals surface area (Å²) < 4.78 is 31.5. The van der Waals surface area contributed by atoms with E-state index in [1.165, 1.54) is 10.6 Å². The van der Waals surface area contributed by atoms with E-state index in [4.69, 9.17) is 4.74 Å². The van der Waals surface area contributed by atoms with Gasteiger partial charge in [0.15, 0.2) is 0 Å². The Labute approximate surface area is 150 Å². The fourth-order valence-corrected chi connectivity index (χ4v) is 4.15. The maximum absolute atomic E-state index is 12.4. The topological polar surface area (TPSA) is 75.7 Å². The zero-order chi connectivity index (χ0) is 18.4. The Morgan fingerprint density at radius 2 is 1.92 bits per heavy atom. The predicted molar refractivity (Wildman–Crippen MR) is 99.4 cm³/mol. The maximum atomic E-state index is 12.4. The maximum Gasteiger partial charge on any atom is 0.249 e. The number of carbonyl (C=O) groups excluding carboxylic acids is 1. The number of amides is 1. The molecule has 0 radical (unpaired) electrons. The van der Waals surface area contributed by atoms with Crippen LogP contribution >= 0.6 is 0 Å². The molecule has 1 aromatic carbocycles. The van der Waals surface area contributed by atoms with Crippen molar-refractivity contribution in [2.24, 2.45) is 0 Å². The standard InChI is InChI=1S/C18H28N2O4S/c1-4-14-8-6-9-15(5-2)17(14)20(25(3,22)23)12-11-19-18(21)16-10-7-13-24-16/h6,8-9,16H,4-5,7,10-13H2,1-3H3,(H,19,21). The van der Waals surface area contributed by atoms with Crippen molar-refractivity contribution < 1.29 is 17.9 Å². The lowest BCUT2D eigenvalue weighted by Crippen LogP contribution is -2.42. The number of anilines is 1. The normalized spacial score (nSPS) is 17.5. The zero-order valence-corrected chi connectivity index (χ0v) is 16.1. The second-order valence-electron chi connectivity index (χ2n) is 6.26. The molecule has 1 amide bonds. The number of ether oxygens (including phenoxy) is 1. The van der Waals surface area contributed by atoms with E-state index in [1.54, 1.807) is 0 Å². The van der Waals surface area contributed by atoms with Crippen molar-refractivity contribution in [3.63, 3.8) is 0 Å². The first-order valence-corrected chi connectivity index (χ1v) is 10.7. The van der Waals surface area contributed by atoms with E-state index in [1.807, 2.05) is 32.0 Å². The minimum Gasteiger partial charge on any atom is -0.368 e. The summed E-state index contributed by atoms with van der Waals surface area (Å²) in [6.07, 6.45) is 3.91. The highest BCUT2D eigenvalue weighted by atomic mass is 32.2. The van der Waals surface area contributed by atoms with E-state index in [0.717, 1.165) is 42.5 Å². The number of nitrogens with one attached hydrogen (secondary N) is 1. The van der Waals surface area contributed by atoms with Crippen LogP contribution in [0.15, 0.2) is 18.2 Å². The second-order valence-corrected chi connectivity index (χ2v) is 8.17. The first kappa shape index (κ1) is 19.7. The van der Waals surface area contributed by atoms with Gasteiger partial charge in [-0.2, -0.15) is 0 Å². The van der Waals surface area contributed by atoms with Crippen molar-refractivity contribution in [1.29, 1.82) is 0 Å².